The van der Waals surface area contributed by atoms with E-state index in [1.807, 2.05) is 0 Å². The predicted octanol–water partition coefficient (Wildman–Crippen LogP) is 2.48. The van der Waals surface area contributed by atoms with Crippen LogP contribution < -0.4 is 0 Å². The van der Waals surface area contributed by atoms with Crippen LogP contribution in [0.25, 0.3) is 0 Å². The lowest BCUT2D eigenvalue weighted by molar-refractivity contribution is 0.679. The van der Waals surface area contributed by atoms with E-state index in [4.69, 9.17) is 4.78 Å². The SMILES string of the molecule is C[S@@](=N)(=O)c1ccc(Br)cc1. The van der Waals surface area contributed by atoms with Crippen molar-refractivity contribution in [3.8, 4) is 0 Å². The summed E-state index contributed by atoms with van der Waals surface area (Å²) < 4.78 is 19.3. The summed E-state index contributed by atoms with van der Waals surface area (Å²) in [5.74, 6) is 0. The van der Waals surface area contributed by atoms with Gasteiger partial charge in [-0.1, -0.05) is 15.9 Å². The molecule has 11 heavy (non-hydrogen) atoms. The summed E-state index contributed by atoms with van der Waals surface area (Å²) in [7, 11) is -2.54. The van der Waals surface area contributed by atoms with Gasteiger partial charge in [0.05, 0.1) is 9.73 Å². The molecule has 0 aromatic heterocycles. The average molecular weight is 234 g/mol. The third kappa shape index (κ3) is 2.31. The van der Waals surface area contributed by atoms with E-state index in [1.165, 1.54) is 6.26 Å². The van der Waals surface area contributed by atoms with Gasteiger partial charge < -0.3 is 0 Å². The van der Waals surface area contributed by atoms with Gasteiger partial charge in [-0.25, -0.2) is 8.99 Å². The van der Waals surface area contributed by atoms with Gasteiger partial charge in [0.25, 0.3) is 0 Å². The lowest BCUT2D eigenvalue weighted by Crippen LogP contribution is -1.93. The summed E-state index contributed by atoms with van der Waals surface area (Å²) >= 11 is 3.26. The van der Waals surface area contributed by atoms with Crippen molar-refractivity contribution >= 4 is 25.7 Å². The van der Waals surface area contributed by atoms with E-state index in [-0.39, 0.29) is 0 Å². The van der Waals surface area contributed by atoms with Crippen LogP contribution in [0.2, 0.25) is 0 Å². The van der Waals surface area contributed by atoms with Gasteiger partial charge in [-0.05, 0) is 24.3 Å². The fourth-order valence-electron chi connectivity index (χ4n) is 0.694. The summed E-state index contributed by atoms with van der Waals surface area (Å²) in [5, 5.41) is 0. The molecule has 0 aliphatic carbocycles. The van der Waals surface area contributed by atoms with E-state index < -0.39 is 9.73 Å². The van der Waals surface area contributed by atoms with E-state index in [2.05, 4.69) is 15.9 Å². The minimum Gasteiger partial charge on any atom is -0.249 e. The predicted molar refractivity (Wildman–Crippen MR) is 49.2 cm³/mol. The third-order valence-electron chi connectivity index (χ3n) is 1.26. The van der Waals surface area contributed by atoms with Crippen molar-refractivity contribution in [2.24, 2.45) is 0 Å². The zero-order valence-electron chi connectivity index (χ0n) is 6.00. The van der Waals surface area contributed by atoms with Crippen molar-refractivity contribution in [3.05, 3.63) is 28.7 Å². The van der Waals surface area contributed by atoms with Crippen molar-refractivity contribution in [2.45, 2.75) is 4.90 Å². The summed E-state index contributed by atoms with van der Waals surface area (Å²) in [4.78, 5) is 0.570. The zero-order valence-corrected chi connectivity index (χ0v) is 8.41. The molecule has 1 aromatic carbocycles. The number of halogens is 1. The van der Waals surface area contributed by atoms with Crippen LogP contribution in [0.15, 0.2) is 33.6 Å². The van der Waals surface area contributed by atoms with Gasteiger partial charge in [-0.2, -0.15) is 0 Å². The van der Waals surface area contributed by atoms with Gasteiger partial charge in [0, 0.05) is 15.6 Å². The van der Waals surface area contributed by atoms with Crippen LogP contribution in [0.4, 0.5) is 0 Å². The third-order valence-corrected chi connectivity index (χ3v) is 2.96. The zero-order chi connectivity index (χ0) is 8.48. The number of benzene rings is 1. The smallest absolute Gasteiger partial charge is 0.0696 e. The maximum Gasteiger partial charge on any atom is 0.0696 e. The number of nitrogens with one attached hydrogen (secondary N) is 1. The molecular weight excluding hydrogens is 226 g/mol. The van der Waals surface area contributed by atoms with E-state index in [0.29, 0.717) is 4.90 Å². The monoisotopic (exact) mass is 233 g/mol. The second-order valence-electron chi connectivity index (χ2n) is 2.30. The summed E-state index contributed by atoms with van der Waals surface area (Å²) in [6.07, 6.45) is 1.41. The molecule has 0 bridgehead atoms. The molecule has 2 nitrogen and oxygen atoms in total. The van der Waals surface area contributed by atoms with Crippen LogP contribution >= 0.6 is 15.9 Å². The lowest BCUT2D eigenvalue weighted by Gasteiger charge is -1.99. The molecule has 1 rings (SSSR count). The Morgan fingerprint density at radius 1 is 1.36 bits per heavy atom. The Bertz CT molecular complexity index is 341. The average Bonchev–Trinajstić information content (AvgIpc) is 1.86. The van der Waals surface area contributed by atoms with Gasteiger partial charge in [0.2, 0.25) is 0 Å². The Hall–Kier alpha value is -0.350. The van der Waals surface area contributed by atoms with Crippen LogP contribution in [0.1, 0.15) is 0 Å². The second kappa shape index (κ2) is 2.95. The lowest BCUT2D eigenvalue weighted by atomic mass is 10.4. The Morgan fingerprint density at radius 3 is 2.18 bits per heavy atom. The van der Waals surface area contributed by atoms with Gasteiger partial charge >= 0.3 is 0 Å². The van der Waals surface area contributed by atoms with Crippen LogP contribution in [0.5, 0.6) is 0 Å². The molecule has 4 heteroatoms. The normalized spacial score (nSPS) is 15.8. The molecule has 0 heterocycles. The van der Waals surface area contributed by atoms with E-state index in [1.54, 1.807) is 24.3 Å². The molecule has 0 fully saturated rings. The maximum absolute atomic E-state index is 11.2. The first-order valence-corrected chi connectivity index (χ1v) is 5.75. The first kappa shape index (κ1) is 8.74. The number of rotatable bonds is 1. The van der Waals surface area contributed by atoms with Crippen LogP contribution in [-0.2, 0) is 9.73 Å². The van der Waals surface area contributed by atoms with Gasteiger partial charge in [0.15, 0.2) is 0 Å². The fourth-order valence-corrected chi connectivity index (χ4v) is 1.61. The first-order valence-electron chi connectivity index (χ1n) is 2.99. The van der Waals surface area contributed by atoms with Crippen molar-refractivity contribution in [2.75, 3.05) is 6.26 Å². The highest BCUT2D eigenvalue weighted by atomic mass is 79.9. The molecule has 1 N–H and O–H groups in total. The Balaban J connectivity index is 3.20. The van der Waals surface area contributed by atoms with E-state index in [0.717, 1.165) is 4.47 Å². The highest BCUT2D eigenvalue weighted by Gasteiger charge is 2.00. The minimum atomic E-state index is -2.54. The summed E-state index contributed by atoms with van der Waals surface area (Å²) in [5.41, 5.74) is 0. The van der Waals surface area contributed by atoms with Gasteiger partial charge in [-0.3, -0.25) is 0 Å². The topological polar surface area (TPSA) is 40.9 Å². The highest BCUT2D eigenvalue weighted by Crippen LogP contribution is 2.14. The van der Waals surface area contributed by atoms with Crippen molar-refractivity contribution in [1.29, 1.82) is 4.78 Å². The standard InChI is InChI=1S/C7H8BrNOS/c1-11(9,10)7-4-2-6(8)3-5-7/h2-5,9H,1H3/t11-/m1/s1. The van der Waals surface area contributed by atoms with Crippen LogP contribution in [0.3, 0.4) is 0 Å². The molecule has 1 aromatic rings. The fraction of sp³-hybridized carbons (Fsp3) is 0.143. The van der Waals surface area contributed by atoms with Crippen molar-refractivity contribution < 1.29 is 4.21 Å². The van der Waals surface area contributed by atoms with E-state index in [9.17, 15) is 4.21 Å². The molecule has 0 amide bonds. The molecule has 60 valence electrons. The molecule has 0 saturated carbocycles. The summed E-state index contributed by atoms with van der Waals surface area (Å²) in [6.45, 7) is 0. The summed E-state index contributed by atoms with van der Waals surface area (Å²) in [6, 6.07) is 6.96. The number of hydrogen-bond acceptors (Lipinski definition) is 2. The Morgan fingerprint density at radius 2 is 1.82 bits per heavy atom. The van der Waals surface area contributed by atoms with Crippen LogP contribution in [0, 0.1) is 4.78 Å². The first-order chi connectivity index (χ1) is 5.00. The largest absolute Gasteiger partial charge is 0.249 e. The second-order valence-corrected chi connectivity index (χ2v) is 5.37. The van der Waals surface area contributed by atoms with Crippen molar-refractivity contribution in [1.82, 2.24) is 0 Å². The van der Waals surface area contributed by atoms with Crippen LogP contribution in [-0.4, -0.2) is 10.5 Å². The molecular formula is C7H8BrNOS. The number of hydrogen-bond donors (Lipinski definition) is 1. The van der Waals surface area contributed by atoms with Crippen molar-refractivity contribution in [3.63, 3.8) is 0 Å². The molecule has 0 saturated heterocycles. The molecule has 0 aliphatic rings. The highest BCUT2D eigenvalue weighted by molar-refractivity contribution is 9.10. The maximum atomic E-state index is 11.2. The Kier molecular flexibility index (Phi) is 2.34. The molecule has 0 aliphatic heterocycles. The molecule has 0 radical (unpaired) electrons. The quantitative estimate of drug-likeness (QED) is 0.796. The minimum absolute atomic E-state index is 0.570. The Labute approximate surface area is 74.7 Å². The molecule has 0 spiro atoms. The molecule has 1 atom stereocenters. The van der Waals surface area contributed by atoms with Gasteiger partial charge in [0.1, 0.15) is 0 Å². The van der Waals surface area contributed by atoms with E-state index >= 15 is 0 Å². The molecule has 0 unspecified atom stereocenters. The van der Waals surface area contributed by atoms with Gasteiger partial charge in [-0.15, -0.1) is 0 Å².